The molecule has 13 heteroatoms. The Morgan fingerprint density at radius 2 is 2.03 bits per heavy atom. The van der Waals surface area contributed by atoms with E-state index in [0.29, 0.717) is 29.1 Å². The quantitative estimate of drug-likeness (QED) is 0.203. The molecule has 3 atom stereocenters. The number of rotatable bonds is 10. The minimum Gasteiger partial charge on any atom is -0.456 e. The Balaban J connectivity index is 1.46. The van der Waals surface area contributed by atoms with E-state index in [0.717, 1.165) is 0 Å². The van der Waals surface area contributed by atoms with Gasteiger partial charge < -0.3 is 20.5 Å². The lowest BCUT2D eigenvalue weighted by Gasteiger charge is -2.49. The van der Waals surface area contributed by atoms with Crippen LogP contribution >= 0.6 is 23.1 Å². The molecule has 0 spiro atoms. The number of β-lactam (4-membered cyclic amide) rings is 1. The topological polar surface area (TPSA) is 154 Å². The van der Waals surface area contributed by atoms with Crippen molar-refractivity contribution in [3.8, 4) is 0 Å². The molecular weight excluding hydrogens is 508 g/mol. The Bertz CT molecular complexity index is 1180. The van der Waals surface area contributed by atoms with Crippen molar-refractivity contribution in [2.45, 2.75) is 31.0 Å². The number of esters is 1. The summed E-state index contributed by atoms with van der Waals surface area (Å²) in [5, 5.41) is 16.6. The summed E-state index contributed by atoms with van der Waals surface area (Å²) in [6.07, 6.45) is 0. The lowest BCUT2D eigenvalue weighted by molar-refractivity contribution is -0.384. The summed E-state index contributed by atoms with van der Waals surface area (Å²) in [6, 6.07) is 5.67. The Kier molecular flexibility index (Phi) is 8.04. The second-order valence-corrected chi connectivity index (χ2v) is 9.90. The average Bonchev–Trinajstić information content (AvgIpc) is 3.43. The van der Waals surface area contributed by atoms with Gasteiger partial charge in [0.1, 0.15) is 29.8 Å². The molecule has 0 saturated carbocycles. The van der Waals surface area contributed by atoms with Crippen molar-refractivity contribution in [2.24, 2.45) is 5.73 Å². The van der Waals surface area contributed by atoms with Crippen molar-refractivity contribution >= 4 is 46.6 Å². The van der Waals surface area contributed by atoms with E-state index in [1.165, 1.54) is 52.3 Å². The number of hydrogen-bond acceptors (Lipinski definition) is 10. The third-order valence-corrected chi connectivity index (χ3v) is 7.76. The van der Waals surface area contributed by atoms with Gasteiger partial charge in [-0.1, -0.05) is 0 Å². The number of carbonyl (C=O) groups is 3. The molecule has 1 fully saturated rings. The second kappa shape index (κ2) is 11.2. The van der Waals surface area contributed by atoms with Gasteiger partial charge in [0.2, 0.25) is 5.91 Å². The van der Waals surface area contributed by atoms with Crippen molar-refractivity contribution in [1.82, 2.24) is 10.2 Å². The summed E-state index contributed by atoms with van der Waals surface area (Å²) in [4.78, 5) is 50.4. The number of amides is 2. The first-order valence-corrected chi connectivity index (χ1v) is 13.0. The van der Waals surface area contributed by atoms with E-state index in [9.17, 15) is 24.5 Å². The summed E-state index contributed by atoms with van der Waals surface area (Å²) in [5.41, 5.74) is 7.88. The Morgan fingerprint density at radius 3 is 2.67 bits per heavy atom. The van der Waals surface area contributed by atoms with Crippen LogP contribution in [0.15, 0.2) is 52.4 Å². The average molecular weight is 533 g/mol. The van der Waals surface area contributed by atoms with E-state index in [2.05, 4.69) is 5.32 Å². The van der Waals surface area contributed by atoms with Crippen LogP contribution in [0, 0.1) is 10.1 Å². The number of thiophene rings is 1. The van der Waals surface area contributed by atoms with E-state index in [4.69, 9.17) is 15.2 Å². The number of benzene rings is 1. The summed E-state index contributed by atoms with van der Waals surface area (Å²) in [6.45, 7) is 2.28. The summed E-state index contributed by atoms with van der Waals surface area (Å²) in [5.74, 6) is -1.20. The van der Waals surface area contributed by atoms with Crippen LogP contribution in [0.5, 0.6) is 0 Å². The molecule has 2 aliphatic heterocycles. The smallest absolute Gasteiger partial charge is 0.355 e. The highest BCUT2D eigenvalue weighted by Gasteiger charge is 2.54. The molecule has 4 rings (SSSR count). The molecule has 1 saturated heterocycles. The number of nitro groups is 1. The zero-order valence-electron chi connectivity index (χ0n) is 19.2. The molecule has 0 bridgehead atoms. The zero-order valence-corrected chi connectivity index (χ0v) is 20.9. The molecule has 1 aromatic carbocycles. The maximum atomic E-state index is 13.1. The van der Waals surface area contributed by atoms with Crippen molar-refractivity contribution in [1.29, 1.82) is 0 Å². The standard InChI is InChI=1S/C23H24N4O7S2/c1-2-33-10-15-12-36-22-18(25-20(28)17(24)14-7-8-35-11-14)21(29)26(22)19(15)23(30)34-9-13-3-5-16(6-4-13)27(31)32/h3-8,11,17-18,22H,2,9-10,12,24H2,1H3,(H,25,28)/t17?,18?,22-/m1/s1. The van der Waals surface area contributed by atoms with Gasteiger partial charge in [0.15, 0.2) is 0 Å². The number of hydrogen-bond donors (Lipinski definition) is 2. The number of carbonyl (C=O) groups excluding carboxylic acids is 3. The van der Waals surface area contributed by atoms with Crippen LogP contribution in [-0.4, -0.2) is 58.0 Å². The van der Waals surface area contributed by atoms with E-state index >= 15 is 0 Å². The van der Waals surface area contributed by atoms with Gasteiger partial charge in [-0.15, -0.1) is 11.8 Å². The molecule has 3 N–H and O–H groups in total. The molecule has 2 aliphatic rings. The van der Waals surface area contributed by atoms with Crippen LogP contribution < -0.4 is 11.1 Å². The van der Waals surface area contributed by atoms with Crippen LogP contribution in [0.1, 0.15) is 24.1 Å². The van der Waals surface area contributed by atoms with Crippen molar-refractivity contribution < 1.29 is 28.8 Å². The van der Waals surface area contributed by atoms with Gasteiger partial charge in [-0.3, -0.25) is 24.6 Å². The monoisotopic (exact) mass is 532 g/mol. The van der Waals surface area contributed by atoms with Gasteiger partial charge in [0.25, 0.3) is 11.6 Å². The Hall–Kier alpha value is -3.26. The molecule has 3 heterocycles. The first-order chi connectivity index (χ1) is 17.3. The second-order valence-electron chi connectivity index (χ2n) is 8.02. The van der Waals surface area contributed by atoms with Crippen LogP contribution in [0.3, 0.4) is 0 Å². The zero-order chi connectivity index (χ0) is 25.8. The largest absolute Gasteiger partial charge is 0.456 e. The van der Waals surface area contributed by atoms with Crippen LogP contribution in [-0.2, 0) is 30.5 Å². The van der Waals surface area contributed by atoms with E-state index in [1.54, 1.807) is 11.4 Å². The highest BCUT2D eigenvalue weighted by Crippen LogP contribution is 2.41. The van der Waals surface area contributed by atoms with Crippen molar-refractivity contribution in [3.05, 3.63) is 73.6 Å². The van der Waals surface area contributed by atoms with E-state index in [1.807, 2.05) is 12.3 Å². The van der Waals surface area contributed by atoms with E-state index in [-0.39, 0.29) is 24.6 Å². The number of nitrogens with one attached hydrogen (secondary N) is 1. The highest BCUT2D eigenvalue weighted by atomic mass is 32.2. The maximum absolute atomic E-state index is 13.1. The minimum absolute atomic E-state index is 0.0723. The highest BCUT2D eigenvalue weighted by molar-refractivity contribution is 8.00. The molecule has 0 radical (unpaired) electrons. The Morgan fingerprint density at radius 1 is 1.28 bits per heavy atom. The molecule has 2 aromatic rings. The van der Waals surface area contributed by atoms with Crippen LogP contribution in [0.4, 0.5) is 5.69 Å². The normalized spacial score (nSPS) is 19.8. The van der Waals surface area contributed by atoms with Crippen LogP contribution in [0.2, 0.25) is 0 Å². The first kappa shape index (κ1) is 25.8. The number of nitrogens with zero attached hydrogens (tertiary/aromatic N) is 2. The number of non-ortho nitro benzene ring substituents is 1. The summed E-state index contributed by atoms with van der Waals surface area (Å²) < 4.78 is 10.9. The van der Waals surface area contributed by atoms with Crippen molar-refractivity contribution in [3.63, 3.8) is 0 Å². The van der Waals surface area contributed by atoms with Gasteiger partial charge in [0, 0.05) is 24.5 Å². The number of thioether (sulfide) groups is 1. The number of fused-ring (bicyclic) bond motifs is 1. The van der Waals surface area contributed by atoms with Gasteiger partial charge in [-0.2, -0.15) is 11.3 Å². The maximum Gasteiger partial charge on any atom is 0.355 e. The van der Waals surface area contributed by atoms with Crippen molar-refractivity contribution in [2.75, 3.05) is 19.0 Å². The molecule has 36 heavy (non-hydrogen) atoms. The lowest BCUT2D eigenvalue weighted by Crippen LogP contribution is -2.71. The van der Waals surface area contributed by atoms with Gasteiger partial charge in [0.05, 0.1) is 11.5 Å². The van der Waals surface area contributed by atoms with Crippen LogP contribution in [0.25, 0.3) is 0 Å². The minimum atomic E-state index is -0.901. The fourth-order valence-corrected chi connectivity index (χ4v) is 5.81. The third kappa shape index (κ3) is 5.28. The summed E-state index contributed by atoms with van der Waals surface area (Å²) >= 11 is 2.84. The molecule has 0 aliphatic carbocycles. The third-order valence-electron chi connectivity index (χ3n) is 5.72. The molecule has 1 aromatic heterocycles. The fourth-order valence-electron chi connectivity index (χ4n) is 3.79. The molecular formula is C23H24N4O7S2. The molecule has 190 valence electrons. The molecule has 2 unspecified atom stereocenters. The van der Waals surface area contributed by atoms with Gasteiger partial charge in [-0.05, 0) is 52.6 Å². The lowest BCUT2D eigenvalue weighted by atomic mass is 10.0. The summed E-state index contributed by atoms with van der Waals surface area (Å²) in [7, 11) is 0. The number of nitro benzene ring substituents is 1. The predicted octanol–water partition coefficient (Wildman–Crippen LogP) is 2.09. The predicted molar refractivity (Wildman–Crippen MR) is 133 cm³/mol. The Labute approximate surface area is 214 Å². The first-order valence-electron chi connectivity index (χ1n) is 11.0. The SMILES string of the molecule is CCOCC1=C(C(=O)OCc2ccc([N+](=O)[O-])cc2)N2C(=O)C(NC(=O)C(N)c3ccsc3)[C@H]2SC1. The molecule has 11 nitrogen and oxygen atoms in total. The van der Waals surface area contributed by atoms with Gasteiger partial charge in [-0.25, -0.2) is 4.79 Å². The van der Waals surface area contributed by atoms with E-state index < -0.39 is 40.2 Å². The molecule has 2 amide bonds. The number of nitrogens with two attached hydrogens (primary N) is 1. The number of ether oxygens (including phenoxy) is 2. The van der Waals surface area contributed by atoms with Gasteiger partial charge >= 0.3 is 5.97 Å². The fraction of sp³-hybridized carbons (Fsp3) is 0.348.